The Bertz CT molecular complexity index is 1270. The van der Waals surface area contributed by atoms with Gasteiger partial charge in [0.1, 0.15) is 5.75 Å². The highest BCUT2D eigenvalue weighted by molar-refractivity contribution is 7.92. The number of sulfonamides is 1. The molecule has 1 unspecified atom stereocenters. The zero-order chi connectivity index (χ0) is 22.0. The summed E-state index contributed by atoms with van der Waals surface area (Å²) in [6.07, 6.45) is 0.173. The molecule has 0 aromatic heterocycles. The van der Waals surface area contributed by atoms with Crippen LogP contribution in [0.5, 0.6) is 5.75 Å². The molecule has 0 saturated carbocycles. The molecule has 8 nitrogen and oxygen atoms in total. The largest absolute Gasteiger partial charge is 0.426 e. The first kappa shape index (κ1) is 20.4. The van der Waals surface area contributed by atoms with E-state index in [0.717, 1.165) is 11.1 Å². The van der Waals surface area contributed by atoms with Crippen molar-refractivity contribution in [3.05, 3.63) is 83.9 Å². The van der Waals surface area contributed by atoms with Gasteiger partial charge in [0.05, 0.1) is 11.3 Å². The minimum absolute atomic E-state index is 0.0238. The molecule has 1 aliphatic rings. The summed E-state index contributed by atoms with van der Waals surface area (Å²) in [6, 6.07) is 20.3. The number of para-hydroxylation sites is 1. The van der Waals surface area contributed by atoms with Crippen molar-refractivity contribution in [3.63, 3.8) is 0 Å². The summed E-state index contributed by atoms with van der Waals surface area (Å²) in [5.41, 5.74) is 7.76. The van der Waals surface area contributed by atoms with Gasteiger partial charge in [-0.15, -0.1) is 0 Å². The van der Waals surface area contributed by atoms with Gasteiger partial charge in [0.15, 0.2) is 5.96 Å². The third-order valence-electron chi connectivity index (χ3n) is 4.85. The number of guanidine groups is 1. The molecule has 0 amide bonds. The second-order valence-electron chi connectivity index (χ2n) is 7.07. The predicted molar refractivity (Wildman–Crippen MR) is 118 cm³/mol. The van der Waals surface area contributed by atoms with Crippen LogP contribution in [0.3, 0.4) is 0 Å². The third-order valence-corrected chi connectivity index (χ3v) is 6.23. The molecule has 5 N–H and O–H groups in total. The summed E-state index contributed by atoms with van der Waals surface area (Å²) >= 11 is 0. The second-order valence-corrected chi connectivity index (χ2v) is 8.75. The Hall–Kier alpha value is -3.85. The van der Waals surface area contributed by atoms with Crippen molar-refractivity contribution in [1.82, 2.24) is 0 Å². The van der Waals surface area contributed by atoms with Crippen LogP contribution in [0.15, 0.2) is 77.7 Å². The highest BCUT2D eigenvalue weighted by Gasteiger charge is 2.28. The van der Waals surface area contributed by atoms with Gasteiger partial charge in [-0.1, -0.05) is 36.4 Å². The first-order valence-corrected chi connectivity index (χ1v) is 10.9. The molecule has 9 heteroatoms. The Kier molecular flexibility index (Phi) is 5.35. The third kappa shape index (κ3) is 4.51. The number of carbonyl (C=O) groups is 1. The molecular weight excluding hydrogens is 416 g/mol. The molecule has 3 aromatic rings. The predicted octanol–water partition coefficient (Wildman–Crippen LogP) is 3.23. The molecule has 158 valence electrons. The number of hydrogen-bond acceptors (Lipinski definition) is 5. The van der Waals surface area contributed by atoms with Crippen LogP contribution in [0.1, 0.15) is 23.5 Å². The van der Waals surface area contributed by atoms with Gasteiger partial charge in [-0.3, -0.25) is 14.9 Å². The van der Waals surface area contributed by atoms with Gasteiger partial charge >= 0.3 is 5.97 Å². The van der Waals surface area contributed by atoms with Crippen molar-refractivity contribution in [1.29, 1.82) is 5.41 Å². The van der Waals surface area contributed by atoms with Gasteiger partial charge in [-0.25, -0.2) is 8.42 Å². The van der Waals surface area contributed by atoms with E-state index in [1.165, 1.54) is 12.1 Å². The fourth-order valence-electron chi connectivity index (χ4n) is 3.53. The summed E-state index contributed by atoms with van der Waals surface area (Å²) in [4.78, 5) is 12.1. The number of fused-ring (bicyclic) bond motifs is 1. The molecule has 1 aliphatic heterocycles. The van der Waals surface area contributed by atoms with Crippen molar-refractivity contribution in [3.8, 4) is 5.75 Å². The number of hydrogen-bond donors (Lipinski definition) is 4. The number of rotatable bonds is 5. The van der Waals surface area contributed by atoms with Gasteiger partial charge in [-0.05, 0) is 42.0 Å². The summed E-state index contributed by atoms with van der Waals surface area (Å²) in [6.45, 7) is 0. The number of ether oxygens (including phenoxy) is 1. The zero-order valence-corrected chi connectivity index (χ0v) is 17.1. The van der Waals surface area contributed by atoms with E-state index in [-0.39, 0.29) is 29.2 Å². The number of nitrogens with two attached hydrogens (primary N) is 1. The fourth-order valence-corrected chi connectivity index (χ4v) is 4.62. The van der Waals surface area contributed by atoms with E-state index in [4.69, 9.17) is 15.9 Å². The maximum absolute atomic E-state index is 12.9. The molecule has 0 saturated heterocycles. The van der Waals surface area contributed by atoms with E-state index in [0.29, 0.717) is 17.1 Å². The molecule has 4 rings (SSSR count). The number of anilines is 2. The topological polar surface area (TPSA) is 134 Å². The monoisotopic (exact) mass is 436 g/mol. The number of benzene rings is 3. The minimum atomic E-state index is -3.88. The molecule has 3 aromatic carbocycles. The maximum atomic E-state index is 12.9. The lowest BCUT2D eigenvalue weighted by molar-refractivity contribution is -0.135. The van der Waals surface area contributed by atoms with E-state index >= 15 is 0 Å². The number of esters is 1. The van der Waals surface area contributed by atoms with Crippen molar-refractivity contribution < 1.29 is 17.9 Å². The smallest absolute Gasteiger partial charge is 0.312 e. The Morgan fingerprint density at radius 2 is 1.74 bits per heavy atom. The molecule has 0 bridgehead atoms. The number of carbonyl (C=O) groups excluding carboxylic acids is 1. The Morgan fingerprint density at radius 1 is 1.00 bits per heavy atom. The van der Waals surface area contributed by atoms with Crippen LogP contribution in [-0.4, -0.2) is 20.3 Å². The van der Waals surface area contributed by atoms with Crippen LogP contribution in [-0.2, 0) is 14.8 Å². The van der Waals surface area contributed by atoms with Gasteiger partial charge < -0.3 is 15.8 Å². The lowest BCUT2D eigenvalue weighted by atomic mass is 9.86. The normalized spacial score (nSPS) is 15.5. The van der Waals surface area contributed by atoms with Gasteiger partial charge in [0, 0.05) is 22.9 Å². The van der Waals surface area contributed by atoms with Gasteiger partial charge in [-0.2, -0.15) is 0 Å². The minimum Gasteiger partial charge on any atom is -0.426 e. The Morgan fingerprint density at radius 3 is 2.55 bits per heavy atom. The average molecular weight is 436 g/mol. The van der Waals surface area contributed by atoms with Crippen LogP contribution in [0.4, 0.5) is 11.4 Å². The van der Waals surface area contributed by atoms with E-state index in [1.54, 1.807) is 42.5 Å². The highest BCUT2D eigenvalue weighted by Crippen LogP contribution is 2.39. The standard InChI is InChI=1S/C22H20N4O4S/c23-22(24)25-15-6-4-8-17(12-15)31(28,29)26-16-7-3-5-14(11-16)19-13-21(27)30-20-10-2-1-9-18(19)20/h1-12,19,26H,13H2,(H4,23,24,25). The van der Waals surface area contributed by atoms with Crippen molar-refractivity contribution in [2.75, 3.05) is 10.0 Å². The van der Waals surface area contributed by atoms with Crippen molar-refractivity contribution >= 4 is 33.3 Å². The van der Waals surface area contributed by atoms with Crippen molar-refractivity contribution in [2.45, 2.75) is 17.2 Å². The maximum Gasteiger partial charge on any atom is 0.312 e. The molecule has 1 atom stereocenters. The molecule has 0 spiro atoms. The molecule has 0 radical (unpaired) electrons. The van der Waals surface area contributed by atoms with E-state index in [1.807, 2.05) is 18.2 Å². The van der Waals surface area contributed by atoms with Crippen LogP contribution in [0, 0.1) is 5.41 Å². The SMILES string of the molecule is N=C(N)Nc1cccc(S(=O)(=O)Nc2cccc(C3CC(=O)Oc4ccccc43)c2)c1. The summed E-state index contributed by atoms with van der Waals surface area (Å²) in [5, 5.41) is 9.87. The van der Waals surface area contributed by atoms with Crippen LogP contribution in [0.25, 0.3) is 0 Å². The summed E-state index contributed by atoms with van der Waals surface area (Å²) in [5.74, 6) is -0.333. The molecular formula is C22H20N4O4S. The molecule has 1 heterocycles. The quantitative estimate of drug-likeness (QED) is 0.210. The van der Waals surface area contributed by atoms with E-state index in [2.05, 4.69) is 10.0 Å². The first-order valence-electron chi connectivity index (χ1n) is 9.45. The Balaban J connectivity index is 1.63. The average Bonchev–Trinajstić information content (AvgIpc) is 2.73. The molecule has 0 aliphatic carbocycles. The Labute approximate surface area is 179 Å². The molecule has 0 fully saturated rings. The van der Waals surface area contributed by atoms with Gasteiger partial charge in [0.2, 0.25) is 0 Å². The summed E-state index contributed by atoms with van der Waals surface area (Å²) < 4.78 is 33.6. The second kappa shape index (κ2) is 8.11. The fraction of sp³-hybridized carbons (Fsp3) is 0.0909. The molecule has 31 heavy (non-hydrogen) atoms. The lowest BCUT2D eigenvalue weighted by Crippen LogP contribution is -2.21. The number of nitrogens with one attached hydrogen (secondary N) is 3. The van der Waals surface area contributed by atoms with Crippen LogP contribution in [0.2, 0.25) is 0 Å². The lowest BCUT2D eigenvalue weighted by Gasteiger charge is -2.25. The van der Waals surface area contributed by atoms with Crippen LogP contribution >= 0.6 is 0 Å². The zero-order valence-electron chi connectivity index (χ0n) is 16.3. The highest BCUT2D eigenvalue weighted by atomic mass is 32.2. The summed E-state index contributed by atoms with van der Waals surface area (Å²) in [7, 11) is -3.88. The van der Waals surface area contributed by atoms with Crippen LogP contribution < -0.4 is 20.5 Å². The van der Waals surface area contributed by atoms with Gasteiger partial charge in [0.25, 0.3) is 10.0 Å². The first-order chi connectivity index (χ1) is 14.8. The van der Waals surface area contributed by atoms with Crippen molar-refractivity contribution in [2.24, 2.45) is 5.73 Å². The van der Waals surface area contributed by atoms with E-state index in [9.17, 15) is 13.2 Å². The van der Waals surface area contributed by atoms with E-state index < -0.39 is 10.0 Å².